The van der Waals surface area contributed by atoms with Crippen LogP contribution in [-0.4, -0.2) is 52.4 Å². The Hall–Kier alpha value is -1.18. The number of halogens is 2. The number of hydrogen-bond donors (Lipinski definition) is 1. The van der Waals surface area contributed by atoms with Crippen LogP contribution < -0.4 is 5.73 Å². The van der Waals surface area contributed by atoms with E-state index in [-0.39, 0.29) is 30.7 Å². The van der Waals surface area contributed by atoms with Gasteiger partial charge in [0.15, 0.2) is 0 Å². The normalized spacial score (nSPS) is 15.1. The molecular formula is C18H26Cl2N4OS. The molecule has 1 saturated heterocycles. The fraction of sp³-hybridized carbons (Fsp3) is 0.444. The standard InChI is InChI=1S/C18H24N4OS.2ClH/c1-18(2,19)17(23)22-10-8-21(9-11-22)12-15-13-24-16(20-15)14-6-4-3-5-7-14;;/h3-7,13H,8-12,19H2,1-2H3;2*1H. The first kappa shape index (κ1) is 22.9. The van der Waals surface area contributed by atoms with Crippen LogP contribution >= 0.6 is 36.2 Å². The monoisotopic (exact) mass is 416 g/mol. The molecule has 26 heavy (non-hydrogen) atoms. The molecule has 2 N–H and O–H groups in total. The van der Waals surface area contributed by atoms with Gasteiger partial charge in [0.25, 0.3) is 0 Å². The summed E-state index contributed by atoms with van der Waals surface area (Å²) < 4.78 is 0. The topological polar surface area (TPSA) is 62.5 Å². The number of nitrogens with two attached hydrogens (primary N) is 1. The minimum absolute atomic E-state index is 0. The lowest BCUT2D eigenvalue weighted by Gasteiger charge is -2.37. The third-order valence-corrected chi connectivity index (χ3v) is 5.11. The number of carbonyl (C=O) groups excluding carboxylic acids is 1. The molecule has 1 aromatic carbocycles. The number of nitrogens with zero attached hydrogens (tertiary/aromatic N) is 3. The molecule has 144 valence electrons. The van der Waals surface area contributed by atoms with Crippen molar-refractivity contribution in [1.29, 1.82) is 0 Å². The number of amides is 1. The molecule has 0 atom stereocenters. The maximum absolute atomic E-state index is 12.2. The Labute approximate surface area is 171 Å². The van der Waals surface area contributed by atoms with Crippen molar-refractivity contribution in [3.05, 3.63) is 41.4 Å². The zero-order valence-corrected chi connectivity index (χ0v) is 17.5. The van der Waals surface area contributed by atoms with Gasteiger partial charge in [0.2, 0.25) is 5.91 Å². The highest BCUT2D eigenvalue weighted by Gasteiger charge is 2.30. The van der Waals surface area contributed by atoms with Crippen molar-refractivity contribution in [2.45, 2.75) is 25.9 Å². The van der Waals surface area contributed by atoms with Crippen molar-refractivity contribution >= 4 is 42.1 Å². The van der Waals surface area contributed by atoms with Crippen molar-refractivity contribution < 1.29 is 4.79 Å². The van der Waals surface area contributed by atoms with Crippen LogP contribution in [0.1, 0.15) is 19.5 Å². The van der Waals surface area contributed by atoms with Crippen LogP contribution in [-0.2, 0) is 11.3 Å². The van der Waals surface area contributed by atoms with Gasteiger partial charge in [-0.2, -0.15) is 0 Å². The zero-order valence-electron chi connectivity index (χ0n) is 15.1. The molecule has 2 heterocycles. The van der Waals surface area contributed by atoms with Gasteiger partial charge in [0.1, 0.15) is 5.01 Å². The molecule has 1 aromatic heterocycles. The van der Waals surface area contributed by atoms with Crippen LogP contribution in [0.5, 0.6) is 0 Å². The Morgan fingerprint density at radius 1 is 1.15 bits per heavy atom. The second-order valence-corrected chi connectivity index (χ2v) is 7.66. The average molecular weight is 417 g/mol. The van der Waals surface area contributed by atoms with E-state index in [0.717, 1.165) is 49.0 Å². The Kier molecular flexibility index (Phi) is 8.50. The highest BCUT2D eigenvalue weighted by Crippen LogP contribution is 2.24. The Morgan fingerprint density at radius 3 is 2.35 bits per heavy atom. The van der Waals surface area contributed by atoms with Gasteiger partial charge < -0.3 is 10.6 Å². The van der Waals surface area contributed by atoms with Crippen LogP contribution in [0.2, 0.25) is 0 Å². The fourth-order valence-electron chi connectivity index (χ4n) is 2.84. The van der Waals surface area contributed by atoms with Gasteiger partial charge in [-0.1, -0.05) is 30.3 Å². The Morgan fingerprint density at radius 2 is 1.77 bits per heavy atom. The number of carbonyl (C=O) groups is 1. The van der Waals surface area contributed by atoms with E-state index in [1.807, 2.05) is 23.1 Å². The van der Waals surface area contributed by atoms with Crippen LogP contribution in [0, 0.1) is 0 Å². The lowest BCUT2D eigenvalue weighted by molar-refractivity contribution is -0.137. The minimum Gasteiger partial charge on any atom is -0.339 e. The molecule has 0 aliphatic carbocycles. The third-order valence-electron chi connectivity index (χ3n) is 4.17. The second kappa shape index (κ2) is 9.67. The molecule has 0 bridgehead atoms. The summed E-state index contributed by atoms with van der Waals surface area (Å²) in [5, 5.41) is 3.19. The molecule has 0 saturated carbocycles. The number of benzene rings is 1. The molecule has 1 aliphatic rings. The average Bonchev–Trinajstić information content (AvgIpc) is 3.03. The summed E-state index contributed by atoms with van der Waals surface area (Å²) in [5.41, 5.74) is 7.38. The van der Waals surface area contributed by atoms with Gasteiger partial charge in [-0.05, 0) is 13.8 Å². The maximum atomic E-state index is 12.2. The number of aromatic nitrogens is 1. The van der Waals surface area contributed by atoms with Gasteiger partial charge >= 0.3 is 0 Å². The smallest absolute Gasteiger partial charge is 0.242 e. The summed E-state index contributed by atoms with van der Waals surface area (Å²) in [4.78, 5) is 21.2. The summed E-state index contributed by atoms with van der Waals surface area (Å²) in [7, 11) is 0. The Bertz CT molecular complexity index is 695. The van der Waals surface area contributed by atoms with Crippen LogP contribution in [0.25, 0.3) is 10.6 Å². The number of rotatable bonds is 4. The molecule has 3 rings (SSSR count). The molecular weight excluding hydrogens is 391 g/mol. The number of thiazole rings is 1. The van der Waals surface area contributed by atoms with Crippen LogP contribution in [0.3, 0.4) is 0 Å². The van der Waals surface area contributed by atoms with Crippen LogP contribution in [0.4, 0.5) is 0 Å². The van der Waals surface area contributed by atoms with Crippen molar-refractivity contribution in [3.8, 4) is 10.6 Å². The van der Waals surface area contributed by atoms with E-state index in [0.29, 0.717) is 0 Å². The first-order valence-electron chi connectivity index (χ1n) is 8.24. The fourth-order valence-corrected chi connectivity index (χ4v) is 3.66. The molecule has 1 aliphatic heterocycles. The van der Waals surface area contributed by atoms with Gasteiger partial charge in [-0.25, -0.2) is 4.98 Å². The predicted octanol–water partition coefficient (Wildman–Crippen LogP) is 3.04. The van der Waals surface area contributed by atoms with Gasteiger partial charge in [-0.15, -0.1) is 36.2 Å². The molecule has 1 fully saturated rings. The Balaban J connectivity index is 0.00000169. The van der Waals surface area contributed by atoms with E-state index in [4.69, 9.17) is 10.7 Å². The van der Waals surface area contributed by atoms with E-state index >= 15 is 0 Å². The van der Waals surface area contributed by atoms with Crippen molar-refractivity contribution in [1.82, 2.24) is 14.8 Å². The summed E-state index contributed by atoms with van der Waals surface area (Å²) >= 11 is 1.68. The minimum atomic E-state index is -0.790. The molecule has 5 nitrogen and oxygen atoms in total. The number of hydrogen-bond acceptors (Lipinski definition) is 5. The largest absolute Gasteiger partial charge is 0.339 e. The molecule has 0 spiro atoms. The third kappa shape index (κ3) is 5.66. The SMILES string of the molecule is CC(C)(N)C(=O)N1CCN(Cc2csc(-c3ccccc3)n2)CC1.Cl.Cl. The second-order valence-electron chi connectivity index (χ2n) is 6.80. The quantitative estimate of drug-likeness (QED) is 0.831. The first-order chi connectivity index (χ1) is 11.4. The molecule has 2 aromatic rings. The zero-order chi connectivity index (χ0) is 17.2. The van der Waals surface area contributed by atoms with E-state index in [2.05, 4.69) is 22.4 Å². The van der Waals surface area contributed by atoms with E-state index in [1.54, 1.807) is 25.2 Å². The number of piperazine rings is 1. The lowest BCUT2D eigenvalue weighted by Crippen LogP contribution is -2.56. The molecule has 0 unspecified atom stereocenters. The highest BCUT2D eigenvalue weighted by molar-refractivity contribution is 7.13. The van der Waals surface area contributed by atoms with Crippen molar-refractivity contribution in [3.63, 3.8) is 0 Å². The van der Waals surface area contributed by atoms with Crippen LogP contribution in [0.15, 0.2) is 35.7 Å². The molecule has 0 radical (unpaired) electrons. The van der Waals surface area contributed by atoms with E-state index < -0.39 is 5.54 Å². The lowest BCUT2D eigenvalue weighted by atomic mass is 10.0. The van der Waals surface area contributed by atoms with Gasteiger partial charge in [0, 0.05) is 43.7 Å². The summed E-state index contributed by atoms with van der Waals surface area (Å²) in [5.74, 6) is 0.0298. The van der Waals surface area contributed by atoms with Gasteiger partial charge in [0.05, 0.1) is 11.2 Å². The molecule has 1 amide bonds. The summed E-state index contributed by atoms with van der Waals surface area (Å²) in [6.07, 6.45) is 0. The van der Waals surface area contributed by atoms with Crippen molar-refractivity contribution in [2.75, 3.05) is 26.2 Å². The first-order valence-corrected chi connectivity index (χ1v) is 9.12. The maximum Gasteiger partial charge on any atom is 0.242 e. The van der Waals surface area contributed by atoms with Gasteiger partial charge in [-0.3, -0.25) is 9.69 Å². The highest BCUT2D eigenvalue weighted by atomic mass is 35.5. The summed E-state index contributed by atoms with van der Waals surface area (Å²) in [6, 6.07) is 10.3. The van der Waals surface area contributed by atoms with E-state index in [9.17, 15) is 4.79 Å². The van der Waals surface area contributed by atoms with E-state index in [1.165, 1.54) is 0 Å². The van der Waals surface area contributed by atoms with Crippen molar-refractivity contribution in [2.24, 2.45) is 5.73 Å². The summed E-state index contributed by atoms with van der Waals surface area (Å²) in [6.45, 7) is 7.55. The molecule has 8 heteroatoms. The predicted molar refractivity (Wildman–Crippen MR) is 112 cm³/mol.